The molecule has 6 heterocycles. The number of ether oxygens (including phenoxy) is 2. The number of anilines is 2. The topological polar surface area (TPSA) is 302 Å². The van der Waals surface area contributed by atoms with Gasteiger partial charge in [0.15, 0.2) is 17.4 Å². The van der Waals surface area contributed by atoms with Crippen LogP contribution in [0.5, 0.6) is 0 Å². The van der Waals surface area contributed by atoms with Gasteiger partial charge < -0.3 is 30.9 Å². The number of hydrogen-bond acceptors (Lipinski definition) is 16. The number of nitrogens with one attached hydrogen (secondary N) is 3. The van der Waals surface area contributed by atoms with Crippen molar-refractivity contribution in [2.75, 3.05) is 29.6 Å². The number of H-pyrrole nitrogens is 1. The van der Waals surface area contributed by atoms with Crippen LogP contribution in [0.2, 0.25) is 0 Å². The molecule has 0 unspecified atom stereocenters. The summed E-state index contributed by atoms with van der Waals surface area (Å²) in [6.45, 7) is 14.9. The first-order chi connectivity index (χ1) is 43.2. The van der Waals surface area contributed by atoms with Crippen molar-refractivity contribution in [2.45, 2.75) is 117 Å². The van der Waals surface area contributed by atoms with Crippen molar-refractivity contribution >= 4 is 97.0 Å². The fourth-order valence-corrected chi connectivity index (χ4v) is 12.5. The average Bonchev–Trinajstić information content (AvgIpc) is 1.77. The summed E-state index contributed by atoms with van der Waals surface area (Å²) in [6.07, 6.45) is 7.25. The molecule has 476 valence electrons. The van der Waals surface area contributed by atoms with Crippen molar-refractivity contribution in [1.82, 2.24) is 39.4 Å². The first kappa shape index (κ1) is 68.2. The number of hydrogen-bond donors (Lipinski definition) is 5. The Bertz CT molecular complexity index is 3910. The number of nitrogens with zero attached hydrogens (tertiary/aromatic N) is 7. The maximum Gasteiger partial charge on any atom is 0.410 e. The van der Waals surface area contributed by atoms with Gasteiger partial charge in [0.2, 0.25) is 0 Å². The van der Waals surface area contributed by atoms with E-state index < -0.39 is 36.8 Å². The largest absolute Gasteiger partial charge is 0.444 e. The van der Waals surface area contributed by atoms with E-state index in [1.165, 1.54) is 18.5 Å². The van der Waals surface area contributed by atoms with Crippen LogP contribution >= 0.6 is 39.2 Å². The molecule has 4 aromatic carbocycles. The van der Waals surface area contributed by atoms with E-state index in [-0.39, 0.29) is 35.1 Å². The zero-order valence-corrected chi connectivity index (χ0v) is 55.8. The molecule has 25 heteroatoms. The third-order valence-electron chi connectivity index (χ3n) is 14.3. The molecule has 0 radical (unpaired) electrons. The number of imidazole rings is 2. The molecule has 8 aromatic rings. The normalized spacial score (nSPS) is 15.0. The number of amides is 4. The number of aromatic amines is 1. The van der Waals surface area contributed by atoms with E-state index in [4.69, 9.17) is 35.8 Å². The van der Waals surface area contributed by atoms with Gasteiger partial charge in [0.05, 0.1) is 17.8 Å². The van der Waals surface area contributed by atoms with Crippen LogP contribution in [0.1, 0.15) is 159 Å². The minimum atomic E-state index is -3.13. The average molecular weight is 1390 g/mol. The highest BCUT2D eigenvalue weighted by atomic mass is 79.9. The van der Waals surface area contributed by atoms with Gasteiger partial charge in [-0.25, -0.2) is 44.7 Å². The van der Waals surface area contributed by atoms with Gasteiger partial charge >= 0.3 is 12.2 Å². The molecule has 4 amide bonds. The lowest BCUT2D eigenvalue weighted by Gasteiger charge is -2.36. The number of carbonyl (C=O) groups excluding carboxylic acids is 6. The third-order valence-corrected chi connectivity index (χ3v) is 17.6. The van der Waals surface area contributed by atoms with Gasteiger partial charge in [-0.1, -0.05) is 92.5 Å². The van der Waals surface area contributed by atoms with Crippen LogP contribution in [0.25, 0.3) is 22.5 Å². The molecule has 2 aliphatic rings. The zero-order chi connectivity index (χ0) is 65.8. The number of likely N-dealkylation sites (tertiary alicyclic amines) is 2. The van der Waals surface area contributed by atoms with E-state index >= 15 is 0 Å². The van der Waals surface area contributed by atoms with Crippen molar-refractivity contribution in [2.24, 2.45) is 5.90 Å². The van der Waals surface area contributed by atoms with E-state index in [0.29, 0.717) is 99.2 Å². The quantitative estimate of drug-likeness (QED) is 0.0310. The zero-order valence-electron chi connectivity index (χ0n) is 51.7. The van der Waals surface area contributed by atoms with Crippen LogP contribution in [0.3, 0.4) is 0 Å². The van der Waals surface area contributed by atoms with Gasteiger partial charge in [-0.3, -0.25) is 33.5 Å². The highest BCUT2D eigenvalue weighted by molar-refractivity contribution is 9.10. The lowest BCUT2D eigenvalue weighted by atomic mass is 10.0. The van der Waals surface area contributed by atoms with Gasteiger partial charge in [-0.2, -0.15) is 0 Å². The first-order valence-electron chi connectivity index (χ1n) is 29.4. The minimum Gasteiger partial charge on any atom is -0.444 e. The van der Waals surface area contributed by atoms with Crippen molar-refractivity contribution in [3.8, 4) is 22.5 Å². The number of halogens is 2. The van der Waals surface area contributed by atoms with E-state index in [2.05, 4.69) is 57.4 Å². The Hall–Kier alpha value is -8.67. The van der Waals surface area contributed by atoms with Crippen molar-refractivity contribution in [1.29, 1.82) is 0 Å². The van der Waals surface area contributed by atoms with Gasteiger partial charge in [0.1, 0.15) is 45.7 Å². The number of benzene rings is 4. The lowest BCUT2D eigenvalue weighted by molar-refractivity contribution is 0.00739. The Morgan fingerprint density at radius 1 is 0.593 bits per heavy atom. The number of pyridine rings is 2. The molecule has 0 saturated carbocycles. The summed E-state index contributed by atoms with van der Waals surface area (Å²) in [7, 11) is -3.13. The molecule has 91 heavy (non-hydrogen) atoms. The number of carbonyl (C=O) groups is 6. The number of aromatic nitrogens is 6. The smallest absolute Gasteiger partial charge is 0.410 e. The molecule has 2 fully saturated rings. The van der Waals surface area contributed by atoms with Crippen molar-refractivity contribution in [3.63, 3.8) is 0 Å². The van der Waals surface area contributed by atoms with Crippen LogP contribution < -0.4 is 33.0 Å². The summed E-state index contributed by atoms with van der Waals surface area (Å²) in [6, 6.07) is 37.7. The molecule has 22 nitrogen and oxygen atoms in total. The SMILES string of the molecule is CC(=O)c1[nH]c([C@@H]2CCCCN2C(=O)OC(C)(C)C)nc1-c1ccc(C(=O)Nc2cc(Br)ccn2)cc1.CC(=O)c1c(-c2ccc(C(=O)Nc3cc(Br)ccn3)cc2)nc([C@@H]2CCCCN2C(=O)OC(C)(C)C)n1N.NOP(=O)(c1ccccc1)c1ccccc1. The van der Waals surface area contributed by atoms with Crippen LogP contribution in [0.15, 0.2) is 155 Å². The second kappa shape index (κ2) is 30.0. The molecular formula is C66H73Br2N12O10P. The predicted octanol–water partition coefficient (Wildman–Crippen LogP) is 13.3. The van der Waals surface area contributed by atoms with Crippen LogP contribution in [0.4, 0.5) is 21.2 Å². The fraction of sp³-hybridized carbons (Fsp3) is 0.303. The Labute approximate surface area is 544 Å². The molecule has 0 bridgehead atoms. The molecular weight excluding hydrogens is 1310 g/mol. The standard InChI is InChI=1S/C27H31BrN6O4.C27H30BrN5O4.C12H12NO2P/c1-16(35)23-22(17-8-10-18(11-9-17)25(36)31-21-15-19(28)12-13-30-21)32-24(34(23)29)20-7-5-6-14-33(20)26(37)38-27(2,3)4;1-16(34)22-23(17-8-10-18(11-9-17)25(35)30-21-15-19(28)12-13-29-21)32-24(31-22)20-7-5-6-14-33(20)26(36)37-27(2,3)4;13-15-16(14,11-7-3-1-4-8-11)12-9-5-2-6-10-12/h8-13,15,20H,5-7,14,29H2,1-4H3,(H,30,31,36);8-13,15,20H,5-7,14H2,1-4H3,(H,31,32)(H,29,30,35);1-10H,13H2/t2*20-;/m00./s1. The van der Waals surface area contributed by atoms with Crippen molar-refractivity contribution < 1.29 is 47.4 Å². The monoisotopic (exact) mass is 1380 g/mol. The van der Waals surface area contributed by atoms with Gasteiger partial charge in [0.25, 0.3) is 19.2 Å². The van der Waals surface area contributed by atoms with Crippen LogP contribution in [-0.4, -0.2) is 99.3 Å². The molecule has 10 rings (SSSR count). The second-order valence-corrected chi connectivity index (χ2v) is 27.7. The van der Waals surface area contributed by atoms with E-state index in [0.717, 1.165) is 34.6 Å². The van der Waals surface area contributed by atoms with E-state index in [1.807, 2.05) is 77.9 Å². The number of nitrogen functional groups attached to an aromatic ring is 1. The van der Waals surface area contributed by atoms with Crippen LogP contribution in [-0.2, 0) is 18.7 Å². The first-order valence-corrected chi connectivity index (χ1v) is 32.6. The van der Waals surface area contributed by atoms with E-state index in [1.54, 1.807) is 119 Å². The summed E-state index contributed by atoms with van der Waals surface area (Å²) in [5, 5.41) is 6.71. The highest BCUT2D eigenvalue weighted by Gasteiger charge is 2.37. The highest BCUT2D eigenvalue weighted by Crippen LogP contribution is 2.42. The Morgan fingerprint density at radius 3 is 1.45 bits per heavy atom. The Kier molecular flexibility index (Phi) is 22.5. The molecule has 0 aliphatic carbocycles. The van der Waals surface area contributed by atoms with Gasteiger partial charge in [-0.05, 0) is 153 Å². The summed E-state index contributed by atoms with van der Waals surface area (Å²) in [4.78, 5) is 101. The number of rotatable bonds is 13. The molecule has 2 saturated heterocycles. The summed E-state index contributed by atoms with van der Waals surface area (Å²) in [5.74, 6) is 12.4. The van der Waals surface area contributed by atoms with E-state index in [9.17, 15) is 33.3 Å². The Balaban J connectivity index is 0.000000190. The molecule has 2 atom stereocenters. The maximum absolute atomic E-state index is 13.0. The number of ketones is 2. The lowest BCUT2D eigenvalue weighted by Crippen LogP contribution is -2.43. The fourth-order valence-electron chi connectivity index (χ4n) is 10.1. The summed E-state index contributed by atoms with van der Waals surface area (Å²) < 4.78 is 31.5. The Morgan fingerprint density at radius 2 is 1.03 bits per heavy atom. The minimum absolute atomic E-state index is 0.170. The van der Waals surface area contributed by atoms with Gasteiger partial charge in [-0.15, -0.1) is 0 Å². The molecule has 4 aromatic heterocycles. The number of piperidine rings is 2. The summed E-state index contributed by atoms with van der Waals surface area (Å²) >= 11 is 6.72. The second-order valence-electron chi connectivity index (χ2n) is 23.5. The maximum atomic E-state index is 13.0. The molecule has 0 spiro atoms. The van der Waals surface area contributed by atoms with Gasteiger partial charge in [0, 0.05) is 81.1 Å². The molecule has 7 N–H and O–H groups in total. The number of nitrogens with two attached hydrogens (primary N) is 2. The third kappa shape index (κ3) is 17.6. The van der Waals surface area contributed by atoms with Crippen molar-refractivity contribution in [3.05, 3.63) is 189 Å². The predicted molar refractivity (Wildman–Crippen MR) is 356 cm³/mol. The number of Topliss-reactive ketones (excluding diaryl/α,β-unsaturated/α-hetero) is 2. The molecule has 2 aliphatic heterocycles. The summed E-state index contributed by atoms with van der Waals surface area (Å²) in [5.41, 5.74) is 2.37. The van der Waals surface area contributed by atoms with Crippen LogP contribution in [0, 0.1) is 0 Å².